The Morgan fingerprint density at radius 1 is 1.07 bits per heavy atom. The number of aryl methyl sites for hydroxylation is 1. The monoisotopic (exact) mass is 424 g/mol. The minimum atomic E-state index is -0.257. The highest BCUT2D eigenvalue weighted by Crippen LogP contribution is 2.24. The Labute approximate surface area is 182 Å². The minimum absolute atomic E-state index is 0.0780. The molecule has 7 heteroatoms. The third kappa shape index (κ3) is 5.63. The van der Waals surface area contributed by atoms with Crippen molar-refractivity contribution >= 4 is 23.4 Å². The molecule has 0 saturated heterocycles. The lowest BCUT2D eigenvalue weighted by Crippen LogP contribution is -2.15. The van der Waals surface area contributed by atoms with Crippen LogP contribution in [0.3, 0.4) is 0 Å². The summed E-state index contributed by atoms with van der Waals surface area (Å²) in [4.78, 5) is 12.3. The van der Waals surface area contributed by atoms with Crippen molar-refractivity contribution in [1.82, 2.24) is 14.8 Å². The molecule has 1 unspecified atom stereocenters. The second-order valence-corrected chi connectivity index (χ2v) is 8.53. The van der Waals surface area contributed by atoms with Gasteiger partial charge in [0.05, 0.1) is 5.75 Å². The predicted molar refractivity (Wildman–Crippen MR) is 121 cm³/mol. The molecule has 2 aromatic carbocycles. The molecule has 30 heavy (non-hydrogen) atoms. The van der Waals surface area contributed by atoms with Gasteiger partial charge in [0.1, 0.15) is 5.75 Å². The van der Waals surface area contributed by atoms with E-state index in [9.17, 15) is 4.79 Å². The van der Waals surface area contributed by atoms with Gasteiger partial charge in [-0.05, 0) is 49.6 Å². The van der Waals surface area contributed by atoms with Crippen molar-refractivity contribution in [3.05, 3.63) is 65.5 Å². The van der Waals surface area contributed by atoms with E-state index in [0.29, 0.717) is 16.9 Å². The number of aromatic nitrogens is 3. The smallest absolute Gasteiger partial charge is 0.234 e. The van der Waals surface area contributed by atoms with Gasteiger partial charge < -0.3 is 14.6 Å². The molecule has 0 aliphatic rings. The number of hydrogen-bond acceptors (Lipinski definition) is 5. The second-order valence-electron chi connectivity index (χ2n) is 7.59. The first kappa shape index (κ1) is 21.9. The van der Waals surface area contributed by atoms with Gasteiger partial charge in [0.15, 0.2) is 17.1 Å². The van der Waals surface area contributed by atoms with Gasteiger partial charge in [-0.2, -0.15) is 0 Å². The molecule has 0 spiro atoms. The standard InChI is InChI=1S/C23H28N4O2S/c1-15(2)18-8-10-19(11-9-18)24-21(28)14-30-23-26-25-22(27(23)5)17(4)29-20-12-6-16(3)7-13-20/h6-13,15,17H,14H2,1-5H3,(H,24,28). The normalized spacial score (nSPS) is 12.1. The van der Waals surface area contributed by atoms with Crippen molar-refractivity contribution in [2.24, 2.45) is 7.05 Å². The summed E-state index contributed by atoms with van der Waals surface area (Å²) < 4.78 is 7.84. The molecule has 158 valence electrons. The van der Waals surface area contributed by atoms with Crippen molar-refractivity contribution in [2.45, 2.75) is 44.9 Å². The summed E-state index contributed by atoms with van der Waals surface area (Å²) in [5, 5.41) is 12.1. The maximum absolute atomic E-state index is 12.3. The lowest BCUT2D eigenvalue weighted by molar-refractivity contribution is -0.113. The van der Waals surface area contributed by atoms with Crippen molar-refractivity contribution in [3.8, 4) is 5.75 Å². The SMILES string of the molecule is Cc1ccc(OC(C)c2nnc(SCC(=O)Nc3ccc(C(C)C)cc3)n2C)cc1. The summed E-state index contributed by atoms with van der Waals surface area (Å²) in [5.41, 5.74) is 3.22. The Morgan fingerprint density at radius 2 is 1.73 bits per heavy atom. The highest BCUT2D eigenvalue weighted by atomic mass is 32.2. The molecule has 3 rings (SSSR count). The van der Waals surface area contributed by atoms with Crippen LogP contribution in [-0.2, 0) is 11.8 Å². The van der Waals surface area contributed by atoms with Crippen LogP contribution in [0, 0.1) is 6.92 Å². The molecule has 0 aliphatic heterocycles. The summed E-state index contributed by atoms with van der Waals surface area (Å²) in [6.07, 6.45) is -0.257. The first-order chi connectivity index (χ1) is 14.3. The summed E-state index contributed by atoms with van der Waals surface area (Å²) in [6.45, 7) is 8.26. The number of benzene rings is 2. The van der Waals surface area contributed by atoms with Gasteiger partial charge in [0.2, 0.25) is 5.91 Å². The zero-order chi connectivity index (χ0) is 21.7. The number of amides is 1. The van der Waals surface area contributed by atoms with E-state index >= 15 is 0 Å². The third-order valence-corrected chi connectivity index (χ3v) is 5.78. The van der Waals surface area contributed by atoms with Gasteiger partial charge in [-0.15, -0.1) is 10.2 Å². The third-order valence-electron chi connectivity index (χ3n) is 4.76. The van der Waals surface area contributed by atoms with Gasteiger partial charge >= 0.3 is 0 Å². The lowest BCUT2D eigenvalue weighted by Gasteiger charge is -2.14. The van der Waals surface area contributed by atoms with Crippen LogP contribution < -0.4 is 10.1 Å². The zero-order valence-corrected chi connectivity index (χ0v) is 18.9. The fraction of sp³-hybridized carbons (Fsp3) is 0.348. The number of anilines is 1. The van der Waals surface area contributed by atoms with Gasteiger partial charge in [-0.25, -0.2) is 0 Å². The molecule has 3 aromatic rings. The van der Waals surface area contributed by atoms with Crippen molar-refractivity contribution in [1.29, 1.82) is 0 Å². The van der Waals surface area contributed by atoms with E-state index < -0.39 is 0 Å². The average molecular weight is 425 g/mol. The topological polar surface area (TPSA) is 69.0 Å². The van der Waals surface area contributed by atoms with Crippen molar-refractivity contribution < 1.29 is 9.53 Å². The Hall–Kier alpha value is -2.80. The number of carbonyl (C=O) groups is 1. The van der Waals surface area contributed by atoms with E-state index in [1.165, 1.54) is 22.9 Å². The Morgan fingerprint density at radius 3 is 2.37 bits per heavy atom. The van der Waals surface area contributed by atoms with E-state index in [1.807, 2.05) is 74.0 Å². The van der Waals surface area contributed by atoms with Crippen LogP contribution in [0.1, 0.15) is 49.7 Å². The number of hydrogen-bond donors (Lipinski definition) is 1. The molecular formula is C23H28N4O2S. The number of ether oxygens (including phenoxy) is 1. The van der Waals surface area contributed by atoms with Crippen LogP contribution in [0.2, 0.25) is 0 Å². The number of thioether (sulfide) groups is 1. The Kier molecular flexibility index (Phi) is 7.15. The maximum atomic E-state index is 12.3. The molecule has 0 saturated carbocycles. The molecule has 1 aromatic heterocycles. The predicted octanol–water partition coefficient (Wildman–Crippen LogP) is 5.12. The highest BCUT2D eigenvalue weighted by Gasteiger charge is 2.18. The first-order valence-corrected chi connectivity index (χ1v) is 11.0. The fourth-order valence-electron chi connectivity index (χ4n) is 2.96. The van der Waals surface area contributed by atoms with Crippen LogP contribution in [-0.4, -0.2) is 26.4 Å². The van der Waals surface area contributed by atoms with Crippen LogP contribution >= 0.6 is 11.8 Å². The van der Waals surface area contributed by atoms with E-state index in [1.54, 1.807) is 0 Å². The summed E-state index contributed by atoms with van der Waals surface area (Å²) in [6, 6.07) is 15.8. The quantitative estimate of drug-likeness (QED) is 0.509. The molecule has 0 aliphatic carbocycles. The number of carbonyl (C=O) groups excluding carboxylic acids is 1. The molecule has 0 fully saturated rings. The van der Waals surface area contributed by atoms with Gasteiger partial charge in [-0.1, -0.05) is 55.4 Å². The van der Waals surface area contributed by atoms with Crippen LogP contribution in [0.5, 0.6) is 5.75 Å². The molecular weight excluding hydrogens is 396 g/mol. The fourth-order valence-corrected chi connectivity index (χ4v) is 3.68. The summed E-state index contributed by atoms with van der Waals surface area (Å²) >= 11 is 1.35. The lowest BCUT2D eigenvalue weighted by atomic mass is 10.0. The maximum Gasteiger partial charge on any atom is 0.234 e. The van der Waals surface area contributed by atoms with Crippen LogP contribution in [0.25, 0.3) is 0 Å². The molecule has 0 radical (unpaired) electrons. The number of nitrogens with zero attached hydrogens (tertiary/aromatic N) is 3. The molecule has 1 heterocycles. The van der Waals surface area contributed by atoms with Gasteiger partial charge in [0, 0.05) is 12.7 Å². The zero-order valence-electron chi connectivity index (χ0n) is 18.0. The first-order valence-electron chi connectivity index (χ1n) is 9.98. The largest absolute Gasteiger partial charge is 0.483 e. The van der Waals surface area contributed by atoms with E-state index in [2.05, 4.69) is 29.4 Å². The molecule has 1 N–H and O–H groups in total. The summed E-state index contributed by atoms with van der Waals surface area (Å²) in [7, 11) is 1.88. The van der Waals surface area contributed by atoms with E-state index in [4.69, 9.17) is 4.74 Å². The number of rotatable bonds is 8. The van der Waals surface area contributed by atoms with Gasteiger partial charge in [0.25, 0.3) is 0 Å². The van der Waals surface area contributed by atoms with Crippen LogP contribution in [0.4, 0.5) is 5.69 Å². The minimum Gasteiger partial charge on any atom is -0.483 e. The van der Waals surface area contributed by atoms with Gasteiger partial charge in [-0.3, -0.25) is 4.79 Å². The molecule has 1 atom stereocenters. The van der Waals surface area contributed by atoms with Crippen molar-refractivity contribution in [2.75, 3.05) is 11.1 Å². The average Bonchev–Trinajstić information content (AvgIpc) is 3.09. The molecule has 1 amide bonds. The molecule has 6 nitrogen and oxygen atoms in total. The van der Waals surface area contributed by atoms with Crippen LogP contribution in [0.15, 0.2) is 53.7 Å². The van der Waals surface area contributed by atoms with E-state index in [0.717, 1.165) is 11.4 Å². The summed E-state index contributed by atoms with van der Waals surface area (Å²) in [5.74, 6) is 2.14. The number of nitrogens with one attached hydrogen (secondary N) is 1. The second kappa shape index (κ2) is 9.80. The molecule has 0 bridgehead atoms. The Balaban J connectivity index is 1.55. The van der Waals surface area contributed by atoms with E-state index in [-0.39, 0.29) is 17.8 Å². The Bertz CT molecular complexity index is 981. The highest BCUT2D eigenvalue weighted by molar-refractivity contribution is 7.99. The van der Waals surface area contributed by atoms with Crippen molar-refractivity contribution in [3.63, 3.8) is 0 Å².